The summed E-state index contributed by atoms with van der Waals surface area (Å²) in [7, 11) is 0. The van der Waals surface area contributed by atoms with Crippen LogP contribution in [0.1, 0.15) is 25.3 Å². The lowest BCUT2D eigenvalue weighted by molar-refractivity contribution is 0.112. The van der Waals surface area contributed by atoms with E-state index >= 15 is 0 Å². The molecular weight excluding hydrogens is 294 g/mol. The normalized spacial score (nSPS) is 17.2. The molecule has 2 aromatic rings. The topological polar surface area (TPSA) is 81.1 Å². The molecule has 1 atom stereocenters. The lowest BCUT2D eigenvalue weighted by Crippen LogP contribution is -2.35. The van der Waals surface area contributed by atoms with E-state index in [4.69, 9.17) is 4.74 Å². The van der Waals surface area contributed by atoms with Crippen LogP contribution in [0.25, 0.3) is 5.69 Å². The average Bonchev–Trinajstić information content (AvgIpc) is 3.26. The molecule has 2 heterocycles. The van der Waals surface area contributed by atoms with Gasteiger partial charge in [0, 0.05) is 18.8 Å². The quantitative estimate of drug-likeness (QED) is 0.885. The zero-order valence-electron chi connectivity index (χ0n) is 13.2. The number of anilines is 1. The molecule has 1 aromatic carbocycles. The first-order chi connectivity index (χ1) is 11.3. The number of rotatable bonds is 5. The highest BCUT2D eigenvalue weighted by atomic mass is 16.5. The molecule has 0 spiro atoms. The number of urea groups is 1. The van der Waals surface area contributed by atoms with Gasteiger partial charge in [0.05, 0.1) is 11.8 Å². The predicted molar refractivity (Wildman–Crippen MR) is 86.7 cm³/mol. The van der Waals surface area contributed by atoms with Crippen molar-refractivity contribution < 1.29 is 9.53 Å². The molecular formula is C16H21N5O2. The van der Waals surface area contributed by atoms with Gasteiger partial charge < -0.3 is 15.4 Å². The minimum absolute atomic E-state index is 0.134. The van der Waals surface area contributed by atoms with Gasteiger partial charge in [-0.3, -0.25) is 4.57 Å². The average molecular weight is 315 g/mol. The number of carbonyl (C=O) groups excluding carboxylic acids is 1. The number of hydrogen-bond acceptors (Lipinski definition) is 4. The first kappa shape index (κ1) is 15.5. The van der Waals surface area contributed by atoms with Gasteiger partial charge in [0.25, 0.3) is 0 Å². The van der Waals surface area contributed by atoms with Crippen molar-refractivity contribution in [3.8, 4) is 5.69 Å². The van der Waals surface area contributed by atoms with Gasteiger partial charge in [0.2, 0.25) is 0 Å². The second-order valence-corrected chi connectivity index (χ2v) is 5.53. The number of nitrogens with one attached hydrogen (secondary N) is 2. The number of ether oxygens (including phenoxy) is 1. The van der Waals surface area contributed by atoms with Gasteiger partial charge in [-0.15, -0.1) is 10.2 Å². The van der Waals surface area contributed by atoms with Gasteiger partial charge >= 0.3 is 6.03 Å². The second-order valence-electron chi connectivity index (χ2n) is 5.53. The van der Waals surface area contributed by atoms with Crippen LogP contribution in [0.3, 0.4) is 0 Å². The number of benzene rings is 1. The molecule has 1 aliphatic rings. The predicted octanol–water partition coefficient (Wildman–Crippen LogP) is 2.13. The minimum Gasteiger partial charge on any atom is -0.376 e. The van der Waals surface area contributed by atoms with E-state index in [0.717, 1.165) is 42.8 Å². The monoisotopic (exact) mass is 315 g/mol. The first-order valence-electron chi connectivity index (χ1n) is 7.90. The van der Waals surface area contributed by atoms with E-state index in [1.165, 1.54) is 0 Å². The van der Waals surface area contributed by atoms with Crippen LogP contribution >= 0.6 is 0 Å². The van der Waals surface area contributed by atoms with Crippen LogP contribution in [-0.4, -0.2) is 40.1 Å². The van der Waals surface area contributed by atoms with Crippen molar-refractivity contribution in [1.29, 1.82) is 0 Å². The smallest absolute Gasteiger partial charge is 0.319 e. The summed E-state index contributed by atoms with van der Waals surface area (Å²) >= 11 is 0. The van der Waals surface area contributed by atoms with Crippen molar-refractivity contribution in [2.75, 3.05) is 18.5 Å². The molecule has 3 rings (SSSR count). The molecule has 1 saturated heterocycles. The maximum atomic E-state index is 12.1. The maximum Gasteiger partial charge on any atom is 0.319 e. The Bertz CT molecular complexity index is 650. The van der Waals surface area contributed by atoms with E-state index in [-0.39, 0.29) is 12.1 Å². The molecule has 2 N–H and O–H groups in total. The number of aromatic nitrogens is 3. The van der Waals surface area contributed by atoms with Gasteiger partial charge in [-0.1, -0.05) is 13.0 Å². The molecule has 0 saturated carbocycles. The fraction of sp³-hybridized carbons (Fsp3) is 0.438. The van der Waals surface area contributed by atoms with Gasteiger partial charge in [-0.2, -0.15) is 0 Å². The summed E-state index contributed by atoms with van der Waals surface area (Å²) in [6.45, 7) is 3.39. The highest BCUT2D eigenvalue weighted by molar-refractivity contribution is 5.90. The van der Waals surface area contributed by atoms with Crippen LogP contribution in [0.15, 0.2) is 30.9 Å². The van der Waals surface area contributed by atoms with Crippen LogP contribution in [0.5, 0.6) is 0 Å². The Morgan fingerprint density at radius 3 is 2.91 bits per heavy atom. The Hall–Kier alpha value is -2.41. The summed E-state index contributed by atoms with van der Waals surface area (Å²) < 4.78 is 7.31. The van der Waals surface area contributed by atoms with Crippen molar-refractivity contribution in [2.24, 2.45) is 0 Å². The number of hydrogen-bond donors (Lipinski definition) is 2. The summed E-state index contributed by atoms with van der Waals surface area (Å²) in [5.41, 5.74) is 2.78. The van der Waals surface area contributed by atoms with E-state index in [2.05, 4.69) is 27.8 Å². The zero-order valence-corrected chi connectivity index (χ0v) is 13.2. The highest BCUT2D eigenvalue weighted by Crippen LogP contribution is 2.21. The zero-order chi connectivity index (χ0) is 16.1. The summed E-state index contributed by atoms with van der Waals surface area (Å²) in [5, 5.41) is 13.4. The van der Waals surface area contributed by atoms with Crippen molar-refractivity contribution in [1.82, 2.24) is 20.1 Å². The lowest BCUT2D eigenvalue weighted by Gasteiger charge is -2.14. The molecule has 1 fully saturated rings. The molecule has 122 valence electrons. The summed E-state index contributed by atoms with van der Waals surface area (Å²) in [5.74, 6) is 0. The lowest BCUT2D eigenvalue weighted by atomic mass is 10.1. The first-order valence-corrected chi connectivity index (χ1v) is 7.90. The Balaban J connectivity index is 1.67. The molecule has 1 aliphatic heterocycles. The molecule has 0 radical (unpaired) electrons. The molecule has 23 heavy (non-hydrogen) atoms. The van der Waals surface area contributed by atoms with Gasteiger partial charge in [-0.25, -0.2) is 4.79 Å². The van der Waals surface area contributed by atoms with Crippen LogP contribution in [0, 0.1) is 0 Å². The molecule has 0 bridgehead atoms. The van der Waals surface area contributed by atoms with E-state index in [0.29, 0.717) is 6.54 Å². The third-order valence-electron chi connectivity index (χ3n) is 3.95. The van der Waals surface area contributed by atoms with Crippen LogP contribution in [0.2, 0.25) is 0 Å². The third-order valence-corrected chi connectivity index (χ3v) is 3.95. The largest absolute Gasteiger partial charge is 0.376 e. The van der Waals surface area contributed by atoms with Crippen molar-refractivity contribution in [2.45, 2.75) is 32.3 Å². The van der Waals surface area contributed by atoms with Gasteiger partial charge in [0.15, 0.2) is 0 Å². The van der Waals surface area contributed by atoms with Crippen molar-refractivity contribution in [3.05, 3.63) is 36.4 Å². The summed E-state index contributed by atoms with van der Waals surface area (Å²) in [6.07, 6.45) is 6.29. The number of amides is 2. The summed E-state index contributed by atoms with van der Waals surface area (Å²) in [6, 6.07) is 5.70. The maximum absolute atomic E-state index is 12.1. The molecule has 0 aliphatic carbocycles. The SMILES string of the molecule is CCc1ccc(-n2cnnc2)cc1NC(=O)NCC1CCCO1. The van der Waals surface area contributed by atoms with E-state index in [1.807, 2.05) is 18.2 Å². The van der Waals surface area contributed by atoms with E-state index in [1.54, 1.807) is 17.2 Å². The Morgan fingerprint density at radius 2 is 2.22 bits per heavy atom. The Labute approximate surface area is 135 Å². The standard InChI is InChI=1S/C16H21N5O2/c1-2-12-5-6-13(21-10-18-19-11-21)8-15(12)20-16(22)17-9-14-4-3-7-23-14/h5-6,8,10-11,14H,2-4,7,9H2,1H3,(H2,17,20,22). The molecule has 7 nitrogen and oxygen atoms in total. The Morgan fingerprint density at radius 1 is 1.39 bits per heavy atom. The van der Waals surface area contributed by atoms with Crippen molar-refractivity contribution in [3.63, 3.8) is 0 Å². The molecule has 1 aromatic heterocycles. The van der Waals surface area contributed by atoms with E-state index < -0.39 is 0 Å². The van der Waals surface area contributed by atoms with Crippen LogP contribution in [-0.2, 0) is 11.2 Å². The molecule has 1 unspecified atom stereocenters. The number of carbonyl (C=O) groups is 1. The summed E-state index contributed by atoms with van der Waals surface area (Å²) in [4.78, 5) is 12.1. The highest BCUT2D eigenvalue weighted by Gasteiger charge is 2.16. The second kappa shape index (κ2) is 7.23. The van der Waals surface area contributed by atoms with Crippen LogP contribution in [0.4, 0.5) is 10.5 Å². The number of nitrogens with zero attached hydrogens (tertiary/aromatic N) is 3. The molecule has 7 heteroatoms. The van der Waals surface area contributed by atoms with Crippen LogP contribution < -0.4 is 10.6 Å². The molecule has 2 amide bonds. The van der Waals surface area contributed by atoms with Gasteiger partial charge in [0.1, 0.15) is 12.7 Å². The Kier molecular flexibility index (Phi) is 4.87. The van der Waals surface area contributed by atoms with E-state index in [9.17, 15) is 4.79 Å². The minimum atomic E-state index is -0.212. The fourth-order valence-electron chi connectivity index (χ4n) is 2.66. The fourth-order valence-corrected chi connectivity index (χ4v) is 2.66. The third kappa shape index (κ3) is 3.87. The number of aryl methyl sites for hydroxylation is 1. The van der Waals surface area contributed by atoms with Gasteiger partial charge in [-0.05, 0) is 37.0 Å². The van der Waals surface area contributed by atoms with Crippen molar-refractivity contribution >= 4 is 11.7 Å².